The van der Waals surface area contributed by atoms with E-state index in [0.29, 0.717) is 6.42 Å². The molecule has 10 heteroatoms. The number of likely N-dealkylation sites (N-methyl/N-ethyl adjacent to an activating group) is 1. The largest absolute Gasteiger partial charge is 0.357 e. The fraction of sp³-hybridized carbons (Fsp3) is 0.400. The maximum Gasteiger partial charge on any atom is 0.349 e. The van der Waals surface area contributed by atoms with E-state index in [4.69, 9.17) is 0 Å². The van der Waals surface area contributed by atoms with Crippen molar-refractivity contribution < 1.29 is 28.0 Å². The molecule has 190 valence electrons. The number of nitrogens with zero attached hydrogens (tertiary/aromatic N) is 1. The minimum absolute atomic E-state index is 0.0545. The van der Waals surface area contributed by atoms with Crippen molar-refractivity contribution in [3.63, 3.8) is 0 Å². The smallest absolute Gasteiger partial charge is 0.349 e. The molecule has 0 bridgehead atoms. The first-order valence-corrected chi connectivity index (χ1v) is 13.1. The molecule has 0 saturated heterocycles. The molecule has 0 aromatic heterocycles. The number of rotatable bonds is 11. The lowest BCUT2D eigenvalue weighted by molar-refractivity contribution is -0.157. The lowest BCUT2D eigenvalue weighted by atomic mass is 9.98. The van der Waals surface area contributed by atoms with Crippen LogP contribution in [0.1, 0.15) is 32.3 Å². The van der Waals surface area contributed by atoms with Crippen LogP contribution < -0.4 is 10.6 Å². The molecule has 2 aromatic rings. The van der Waals surface area contributed by atoms with Gasteiger partial charge in [-0.3, -0.25) is 14.8 Å². The van der Waals surface area contributed by atoms with Gasteiger partial charge in [-0.05, 0) is 30.0 Å². The van der Waals surface area contributed by atoms with Gasteiger partial charge in [0, 0.05) is 13.5 Å². The van der Waals surface area contributed by atoms with Crippen molar-refractivity contribution in [2.75, 3.05) is 12.8 Å². The molecule has 2 atom stereocenters. The van der Waals surface area contributed by atoms with Crippen LogP contribution in [-0.4, -0.2) is 55.4 Å². The molecule has 0 aliphatic heterocycles. The van der Waals surface area contributed by atoms with E-state index >= 15 is 0 Å². The van der Waals surface area contributed by atoms with E-state index in [1.807, 2.05) is 19.9 Å². The third-order valence-electron chi connectivity index (χ3n) is 5.51. The van der Waals surface area contributed by atoms with Gasteiger partial charge in [0.25, 0.3) is 5.91 Å². The Morgan fingerprint density at radius 1 is 0.943 bits per heavy atom. The van der Waals surface area contributed by atoms with Crippen molar-refractivity contribution in [2.45, 2.75) is 44.0 Å². The van der Waals surface area contributed by atoms with Crippen LogP contribution >= 0.6 is 0 Å². The number of hydroxylamine groups is 2. The molecule has 0 aliphatic rings. The Morgan fingerprint density at radius 3 is 2.06 bits per heavy atom. The summed E-state index contributed by atoms with van der Waals surface area (Å²) < 4.78 is 25.8. The molecule has 0 fully saturated rings. The van der Waals surface area contributed by atoms with Gasteiger partial charge in [0.1, 0.15) is 6.04 Å². The molecule has 35 heavy (non-hydrogen) atoms. The molecule has 0 spiro atoms. The molecule has 0 unspecified atom stereocenters. The van der Waals surface area contributed by atoms with Crippen molar-refractivity contribution in [3.8, 4) is 0 Å². The number of urea groups is 1. The number of carbonyl (C=O) groups is 3. The summed E-state index contributed by atoms with van der Waals surface area (Å²) in [5.74, 6) is -3.08. The highest BCUT2D eigenvalue weighted by molar-refractivity contribution is 7.91. The first-order valence-electron chi connectivity index (χ1n) is 11.4. The van der Waals surface area contributed by atoms with E-state index < -0.39 is 45.4 Å². The highest BCUT2D eigenvalue weighted by atomic mass is 32.2. The van der Waals surface area contributed by atoms with E-state index in [9.17, 15) is 28.0 Å². The average Bonchev–Trinajstić information content (AvgIpc) is 2.85. The third kappa shape index (κ3) is 8.48. The standard InChI is InChI=1S/C25H33N3O6S/c1-18(2)14-15-20(17-35(33,34)21-12-8-5-9-13-21)24(30)28(32)25(31)27-22(23(29)26-3)16-19-10-6-4-7-11-19/h4-13,18,20,22,32H,14-17H2,1-3H3,(H,26,29)(H,27,31)/t20-,22+/m1/s1. The molecule has 3 N–H and O–H groups in total. The topological polar surface area (TPSA) is 133 Å². The summed E-state index contributed by atoms with van der Waals surface area (Å²) in [7, 11) is -2.44. The number of imide groups is 1. The van der Waals surface area contributed by atoms with Crippen LogP contribution in [0.25, 0.3) is 0 Å². The van der Waals surface area contributed by atoms with Gasteiger partial charge in [0.15, 0.2) is 9.84 Å². The van der Waals surface area contributed by atoms with Gasteiger partial charge in [-0.1, -0.05) is 68.8 Å². The van der Waals surface area contributed by atoms with Gasteiger partial charge in [-0.2, -0.15) is 0 Å². The van der Waals surface area contributed by atoms with E-state index in [-0.39, 0.29) is 28.7 Å². The Balaban J connectivity index is 2.19. The van der Waals surface area contributed by atoms with Crippen molar-refractivity contribution in [1.82, 2.24) is 15.7 Å². The van der Waals surface area contributed by atoms with Gasteiger partial charge in [-0.25, -0.2) is 13.2 Å². The molecule has 9 nitrogen and oxygen atoms in total. The monoisotopic (exact) mass is 503 g/mol. The van der Waals surface area contributed by atoms with Crippen LogP contribution in [0, 0.1) is 11.8 Å². The number of hydrogen-bond donors (Lipinski definition) is 3. The van der Waals surface area contributed by atoms with Crippen molar-refractivity contribution in [3.05, 3.63) is 66.2 Å². The zero-order valence-electron chi connectivity index (χ0n) is 20.2. The quantitative estimate of drug-likeness (QED) is 0.319. The summed E-state index contributed by atoms with van der Waals surface area (Å²) in [6, 6.07) is 14.4. The fourth-order valence-corrected chi connectivity index (χ4v) is 5.12. The zero-order valence-corrected chi connectivity index (χ0v) is 21.0. The average molecular weight is 504 g/mol. The van der Waals surface area contributed by atoms with Crippen LogP contribution in [0.5, 0.6) is 0 Å². The Bertz CT molecular complexity index is 1090. The molecule has 0 heterocycles. The summed E-state index contributed by atoms with van der Waals surface area (Å²) in [5.41, 5.74) is 0.765. The van der Waals surface area contributed by atoms with E-state index in [1.165, 1.54) is 19.2 Å². The summed E-state index contributed by atoms with van der Waals surface area (Å²) in [5, 5.41) is 15.1. The van der Waals surface area contributed by atoms with Gasteiger partial charge in [0.05, 0.1) is 16.6 Å². The molecule has 4 amide bonds. The Hall–Kier alpha value is -3.24. The molecule has 0 aliphatic carbocycles. The molecule has 0 saturated carbocycles. The van der Waals surface area contributed by atoms with Gasteiger partial charge >= 0.3 is 6.03 Å². The van der Waals surface area contributed by atoms with E-state index in [0.717, 1.165) is 5.56 Å². The van der Waals surface area contributed by atoms with Gasteiger partial charge in [0.2, 0.25) is 5.91 Å². The summed E-state index contributed by atoms with van der Waals surface area (Å²) in [6.45, 7) is 3.85. The zero-order chi connectivity index (χ0) is 26.0. The van der Waals surface area contributed by atoms with Crippen LogP contribution in [0.15, 0.2) is 65.6 Å². The predicted molar refractivity (Wildman–Crippen MR) is 131 cm³/mol. The first-order chi connectivity index (χ1) is 16.5. The minimum Gasteiger partial charge on any atom is -0.357 e. The molecule has 2 aromatic carbocycles. The summed E-state index contributed by atoms with van der Waals surface area (Å²) in [4.78, 5) is 38.1. The number of hydrogen-bond acceptors (Lipinski definition) is 6. The van der Waals surface area contributed by atoms with Gasteiger partial charge < -0.3 is 10.6 Å². The highest BCUT2D eigenvalue weighted by Crippen LogP contribution is 2.21. The van der Waals surface area contributed by atoms with Crippen molar-refractivity contribution >= 4 is 27.7 Å². The molecular formula is C25H33N3O6S. The molecule has 2 rings (SSSR count). The van der Waals surface area contributed by atoms with Gasteiger partial charge in [-0.15, -0.1) is 5.06 Å². The maximum atomic E-state index is 13.0. The highest BCUT2D eigenvalue weighted by Gasteiger charge is 2.34. The van der Waals surface area contributed by atoms with Crippen LogP contribution in [-0.2, 0) is 25.8 Å². The summed E-state index contributed by atoms with van der Waals surface area (Å²) in [6.07, 6.45) is 0.814. The number of sulfone groups is 1. The van der Waals surface area contributed by atoms with E-state index in [1.54, 1.807) is 42.5 Å². The number of amides is 4. The summed E-state index contributed by atoms with van der Waals surface area (Å²) >= 11 is 0. The normalized spacial score (nSPS) is 13.1. The fourth-order valence-electron chi connectivity index (χ4n) is 3.52. The SMILES string of the molecule is CNC(=O)[C@H](Cc1ccccc1)NC(=O)N(O)C(=O)[C@H](CCC(C)C)CS(=O)(=O)c1ccccc1. The first kappa shape index (κ1) is 28.0. The molecular weight excluding hydrogens is 470 g/mol. The second-order valence-corrected chi connectivity index (χ2v) is 10.8. The molecule has 0 radical (unpaired) electrons. The lowest BCUT2D eigenvalue weighted by Crippen LogP contribution is -2.53. The predicted octanol–water partition coefficient (Wildman–Crippen LogP) is 2.80. The Morgan fingerprint density at radius 2 is 1.51 bits per heavy atom. The minimum atomic E-state index is -3.85. The maximum absolute atomic E-state index is 13.0. The van der Waals surface area contributed by atoms with Crippen molar-refractivity contribution in [1.29, 1.82) is 0 Å². The second kappa shape index (κ2) is 13.0. The van der Waals surface area contributed by atoms with Crippen LogP contribution in [0.3, 0.4) is 0 Å². The Kier molecular flexibility index (Phi) is 10.4. The van der Waals surface area contributed by atoms with Crippen molar-refractivity contribution in [2.24, 2.45) is 11.8 Å². The number of nitrogens with one attached hydrogen (secondary N) is 2. The number of carbonyl (C=O) groups excluding carboxylic acids is 3. The van der Waals surface area contributed by atoms with Crippen LogP contribution in [0.4, 0.5) is 4.79 Å². The third-order valence-corrected chi connectivity index (χ3v) is 7.34. The van der Waals surface area contributed by atoms with Crippen LogP contribution in [0.2, 0.25) is 0 Å². The lowest BCUT2D eigenvalue weighted by Gasteiger charge is -2.24. The Labute approximate surface area is 206 Å². The van der Waals surface area contributed by atoms with E-state index in [2.05, 4.69) is 10.6 Å². The second-order valence-electron chi connectivity index (χ2n) is 8.72. The number of benzene rings is 2.